The summed E-state index contributed by atoms with van der Waals surface area (Å²) in [5.74, 6) is 0.675. The predicted molar refractivity (Wildman–Crippen MR) is 64.5 cm³/mol. The Morgan fingerprint density at radius 3 is 2.72 bits per heavy atom. The van der Waals surface area contributed by atoms with Crippen LogP contribution in [0.25, 0.3) is 5.65 Å². The van der Waals surface area contributed by atoms with E-state index in [9.17, 15) is 0 Å². The second kappa shape index (κ2) is 3.76. The molecule has 0 aliphatic rings. The zero-order chi connectivity index (χ0) is 12.7. The second-order valence-corrected chi connectivity index (χ2v) is 4.04. The molecule has 1 N–H and O–H groups in total. The molecule has 0 saturated heterocycles. The Bertz CT molecular complexity index is 710. The van der Waals surface area contributed by atoms with E-state index >= 15 is 0 Å². The standard InChI is InChI=1S/C10H12N8/c1-6-10(7(2)17(3)13-6)11-8-4-5-9-12-15-16-18(9)14-8/h4-5H,1-3H3,(H,11,14). The van der Waals surface area contributed by atoms with Gasteiger partial charge in [0.1, 0.15) is 0 Å². The third-order valence-corrected chi connectivity index (χ3v) is 2.83. The number of tetrazole rings is 1. The van der Waals surface area contributed by atoms with Gasteiger partial charge in [0, 0.05) is 7.05 Å². The molecule has 8 nitrogen and oxygen atoms in total. The molecule has 0 aliphatic heterocycles. The molecular formula is C10H12N8. The molecule has 0 unspecified atom stereocenters. The molecule has 18 heavy (non-hydrogen) atoms. The lowest BCUT2D eigenvalue weighted by Gasteiger charge is -2.05. The van der Waals surface area contributed by atoms with Crippen LogP contribution < -0.4 is 5.32 Å². The third-order valence-electron chi connectivity index (χ3n) is 2.83. The molecule has 0 bridgehead atoms. The molecular weight excluding hydrogens is 232 g/mol. The summed E-state index contributed by atoms with van der Waals surface area (Å²) in [6, 6.07) is 3.63. The van der Waals surface area contributed by atoms with Crippen LogP contribution in [0.2, 0.25) is 0 Å². The number of aromatic nitrogens is 7. The van der Waals surface area contributed by atoms with Gasteiger partial charge < -0.3 is 5.32 Å². The highest BCUT2D eigenvalue weighted by molar-refractivity contribution is 5.61. The minimum absolute atomic E-state index is 0.611. The zero-order valence-electron chi connectivity index (χ0n) is 10.3. The summed E-state index contributed by atoms with van der Waals surface area (Å²) in [7, 11) is 1.91. The minimum atomic E-state index is 0.611. The summed E-state index contributed by atoms with van der Waals surface area (Å²) < 4.78 is 3.20. The van der Waals surface area contributed by atoms with Crippen LogP contribution in [0.1, 0.15) is 11.4 Å². The van der Waals surface area contributed by atoms with Crippen molar-refractivity contribution < 1.29 is 0 Å². The number of hydrogen-bond acceptors (Lipinski definition) is 6. The molecule has 0 atom stereocenters. The van der Waals surface area contributed by atoms with Crippen LogP contribution in [-0.4, -0.2) is 35.0 Å². The van der Waals surface area contributed by atoms with Gasteiger partial charge in [0.15, 0.2) is 11.5 Å². The average Bonchev–Trinajstić information content (AvgIpc) is 2.89. The van der Waals surface area contributed by atoms with Gasteiger partial charge >= 0.3 is 0 Å². The molecule has 3 aromatic rings. The molecule has 0 saturated carbocycles. The lowest BCUT2D eigenvalue weighted by molar-refractivity contribution is 0.731. The fourth-order valence-electron chi connectivity index (χ4n) is 1.80. The van der Waals surface area contributed by atoms with Crippen LogP contribution in [0.5, 0.6) is 0 Å². The molecule has 0 radical (unpaired) electrons. The van der Waals surface area contributed by atoms with E-state index in [1.54, 1.807) is 6.07 Å². The van der Waals surface area contributed by atoms with E-state index in [1.165, 1.54) is 4.63 Å². The van der Waals surface area contributed by atoms with E-state index in [2.05, 4.69) is 31.0 Å². The highest BCUT2D eigenvalue weighted by atomic mass is 15.6. The van der Waals surface area contributed by atoms with E-state index < -0.39 is 0 Å². The quantitative estimate of drug-likeness (QED) is 0.711. The molecule has 8 heteroatoms. The highest BCUT2D eigenvalue weighted by Gasteiger charge is 2.10. The van der Waals surface area contributed by atoms with Crippen molar-refractivity contribution in [2.75, 3.05) is 5.32 Å². The van der Waals surface area contributed by atoms with Gasteiger partial charge in [-0.05, 0) is 36.4 Å². The smallest absolute Gasteiger partial charge is 0.200 e. The average molecular weight is 244 g/mol. The first-order valence-electron chi connectivity index (χ1n) is 5.48. The second-order valence-electron chi connectivity index (χ2n) is 4.04. The number of anilines is 2. The maximum atomic E-state index is 4.34. The molecule has 0 aliphatic carbocycles. The lowest BCUT2D eigenvalue weighted by atomic mass is 10.3. The Morgan fingerprint density at radius 1 is 1.17 bits per heavy atom. The summed E-state index contributed by atoms with van der Waals surface area (Å²) in [5, 5.41) is 22.9. The summed E-state index contributed by atoms with van der Waals surface area (Å²) >= 11 is 0. The first-order chi connectivity index (χ1) is 8.65. The van der Waals surface area contributed by atoms with E-state index in [4.69, 9.17) is 0 Å². The van der Waals surface area contributed by atoms with Crippen molar-refractivity contribution in [2.45, 2.75) is 13.8 Å². The maximum absolute atomic E-state index is 4.34. The number of nitrogens with zero attached hydrogens (tertiary/aromatic N) is 7. The van der Waals surface area contributed by atoms with Gasteiger partial charge in [-0.2, -0.15) is 5.10 Å². The Morgan fingerprint density at radius 2 is 2.00 bits per heavy atom. The molecule has 3 aromatic heterocycles. The zero-order valence-corrected chi connectivity index (χ0v) is 10.3. The Kier molecular flexibility index (Phi) is 2.22. The molecule has 0 amide bonds. The lowest BCUT2D eigenvalue weighted by Crippen LogP contribution is -2.01. The van der Waals surface area contributed by atoms with Crippen molar-refractivity contribution >= 4 is 17.2 Å². The molecule has 0 spiro atoms. The summed E-state index contributed by atoms with van der Waals surface area (Å²) in [6.07, 6.45) is 0. The number of fused-ring (bicyclic) bond motifs is 1. The van der Waals surface area contributed by atoms with Crippen LogP contribution in [-0.2, 0) is 7.05 Å². The van der Waals surface area contributed by atoms with Crippen molar-refractivity contribution in [3.8, 4) is 0 Å². The molecule has 0 aromatic carbocycles. The monoisotopic (exact) mass is 244 g/mol. The van der Waals surface area contributed by atoms with Crippen LogP contribution >= 0.6 is 0 Å². The third kappa shape index (κ3) is 1.58. The van der Waals surface area contributed by atoms with E-state index in [0.717, 1.165) is 17.1 Å². The van der Waals surface area contributed by atoms with Gasteiger partial charge in [-0.3, -0.25) is 4.68 Å². The van der Waals surface area contributed by atoms with Crippen molar-refractivity contribution in [3.63, 3.8) is 0 Å². The molecule has 3 rings (SSSR count). The van der Waals surface area contributed by atoms with Crippen molar-refractivity contribution in [3.05, 3.63) is 23.5 Å². The van der Waals surface area contributed by atoms with E-state index in [0.29, 0.717) is 11.5 Å². The van der Waals surface area contributed by atoms with Gasteiger partial charge in [0.2, 0.25) is 0 Å². The van der Waals surface area contributed by atoms with Gasteiger partial charge in [-0.25, -0.2) is 0 Å². The topological polar surface area (TPSA) is 85.8 Å². The fourth-order valence-corrected chi connectivity index (χ4v) is 1.80. The number of hydrogen-bond donors (Lipinski definition) is 1. The summed E-state index contributed by atoms with van der Waals surface area (Å²) in [5.41, 5.74) is 3.54. The summed E-state index contributed by atoms with van der Waals surface area (Å²) in [6.45, 7) is 3.95. The van der Waals surface area contributed by atoms with Crippen LogP contribution in [0.4, 0.5) is 11.5 Å². The van der Waals surface area contributed by atoms with Crippen LogP contribution in [0.15, 0.2) is 12.1 Å². The van der Waals surface area contributed by atoms with Crippen LogP contribution in [0.3, 0.4) is 0 Å². The van der Waals surface area contributed by atoms with Gasteiger partial charge in [-0.15, -0.1) is 14.8 Å². The van der Waals surface area contributed by atoms with Gasteiger partial charge in [0.25, 0.3) is 0 Å². The molecule has 0 fully saturated rings. The molecule has 92 valence electrons. The van der Waals surface area contributed by atoms with Crippen molar-refractivity contribution in [1.82, 2.24) is 35.0 Å². The van der Waals surface area contributed by atoms with Crippen molar-refractivity contribution in [1.29, 1.82) is 0 Å². The first kappa shape index (κ1) is 10.6. The van der Waals surface area contributed by atoms with Crippen molar-refractivity contribution in [2.24, 2.45) is 7.05 Å². The molecule has 3 heterocycles. The maximum Gasteiger partial charge on any atom is 0.200 e. The first-order valence-corrected chi connectivity index (χ1v) is 5.48. The Balaban J connectivity index is 2.00. The Labute approximate surface area is 103 Å². The number of rotatable bonds is 2. The number of nitrogens with one attached hydrogen (secondary N) is 1. The fraction of sp³-hybridized carbons (Fsp3) is 0.300. The Hall–Kier alpha value is -2.51. The minimum Gasteiger partial charge on any atom is -0.336 e. The highest BCUT2D eigenvalue weighted by Crippen LogP contribution is 2.22. The normalized spacial score (nSPS) is 11.1. The predicted octanol–water partition coefficient (Wildman–Crippen LogP) is 0.613. The van der Waals surface area contributed by atoms with Gasteiger partial charge in [0.05, 0.1) is 17.1 Å². The van der Waals surface area contributed by atoms with Crippen LogP contribution in [0, 0.1) is 13.8 Å². The number of aryl methyl sites for hydroxylation is 2. The van der Waals surface area contributed by atoms with Gasteiger partial charge in [-0.1, -0.05) is 0 Å². The summed E-state index contributed by atoms with van der Waals surface area (Å²) in [4.78, 5) is 0. The van der Waals surface area contributed by atoms with E-state index in [1.807, 2.05) is 31.6 Å². The SMILES string of the molecule is Cc1nn(C)c(C)c1Nc1ccc2nnnn2n1. The largest absolute Gasteiger partial charge is 0.336 e. The van der Waals surface area contributed by atoms with E-state index in [-0.39, 0.29) is 0 Å².